The van der Waals surface area contributed by atoms with Crippen LogP contribution < -0.4 is 0 Å². The number of benzene rings is 1. The molecule has 0 saturated carbocycles. The Bertz CT molecular complexity index is 383. The predicted molar refractivity (Wildman–Crippen MR) is 63.2 cm³/mol. The second-order valence-corrected chi connectivity index (χ2v) is 4.80. The molecule has 15 heavy (non-hydrogen) atoms. The fourth-order valence-corrected chi connectivity index (χ4v) is 2.48. The number of nitrogens with zero attached hydrogens (tertiary/aromatic N) is 2. The third-order valence-corrected chi connectivity index (χ3v) is 3.28. The molecule has 0 aromatic heterocycles. The van der Waals surface area contributed by atoms with Gasteiger partial charge in [-0.2, -0.15) is 5.26 Å². The first-order chi connectivity index (χ1) is 7.29. The van der Waals surface area contributed by atoms with E-state index >= 15 is 0 Å². The third-order valence-electron chi connectivity index (χ3n) is 2.79. The quantitative estimate of drug-likeness (QED) is 0.822. The number of rotatable bonds is 2. The second kappa shape index (κ2) is 4.78. The van der Waals surface area contributed by atoms with Crippen LogP contribution in [0.3, 0.4) is 0 Å². The van der Waals surface area contributed by atoms with Gasteiger partial charge in [0, 0.05) is 11.0 Å². The fourth-order valence-electron chi connectivity index (χ4n) is 2.03. The average molecular weight is 265 g/mol. The van der Waals surface area contributed by atoms with Gasteiger partial charge in [-0.05, 0) is 37.1 Å². The summed E-state index contributed by atoms with van der Waals surface area (Å²) in [4.78, 5) is 2.25. The molecule has 0 amide bonds. The van der Waals surface area contributed by atoms with Crippen molar-refractivity contribution in [3.63, 3.8) is 0 Å². The zero-order valence-electron chi connectivity index (χ0n) is 8.49. The molecule has 1 saturated heterocycles. The Balaban J connectivity index is 2.06. The maximum Gasteiger partial charge on any atom is 0.0981 e. The Morgan fingerprint density at radius 1 is 1.53 bits per heavy atom. The summed E-state index contributed by atoms with van der Waals surface area (Å²) in [6, 6.07) is 10.8. The van der Waals surface area contributed by atoms with E-state index in [2.05, 4.69) is 39.0 Å². The van der Waals surface area contributed by atoms with Gasteiger partial charge in [0.05, 0.1) is 12.1 Å². The summed E-state index contributed by atoms with van der Waals surface area (Å²) in [5.74, 6) is 0. The molecular weight excluding hydrogens is 252 g/mol. The van der Waals surface area contributed by atoms with Gasteiger partial charge in [0.15, 0.2) is 0 Å². The van der Waals surface area contributed by atoms with Gasteiger partial charge in [-0.15, -0.1) is 0 Å². The molecule has 1 heterocycles. The summed E-state index contributed by atoms with van der Waals surface area (Å²) in [5.41, 5.74) is 1.27. The minimum absolute atomic E-state index is 0.115. The molecule has 2 nitrogen and oxygen atoms in total. The van der Waals surface area contributed by atoms with Crippen LogP contribution in [0.4, 0.5) is 0 Å². The van der Waals surface area contributed by atoms with Crippen LogP contribution in [0.5, 0.6) is 0 Å². The highest BCUT2D eigenvalue weighted by Gasteiger charge is 2.23. The largest absolute Gasteiger partial charge is 0.284 e. The molecule has 0 bridgehead atoms. The van der Waals surface area contributed by atoms with Gasteiger partial charge >= 0.3 is 0 Å². The van der Waals surface area contributed by atoms with Gasteiger partial charge in [-0.3, -0.25) is 4.90 Å². The van der Waals surface area contributed by atoms with E-state index in [1.807, 2.05) is 12.1 Å². The Kier molecular flexibility index (Phi) is 3.40. The molecule has 78 valence electrons. The highest BCUT2D eigenvalue weighted by molar-refractivity contribution is 9.10. The summed E-state index contributed by atoms with van der Waals surface area (Å²) in [7, 11) is 0. The average Bonchev–Trinajstić information content (AvgIpc) is 2.65. The van der Waals surface area contributed by atoms with Crippen molar-refractivity contribution in [3.8, 4) is 6.07 Å². The zero-order valence-corrected chi connectivity index (χ0v) is 10.1. The molecule has 0 radical (unpaired) electrons. The molecular formula is C12H13BrN2. The topological polar surface area (TPSA) is 27.0 Å². The van der Waals surface area contributed by atoms with Crippen molar-refractivity contribution < 1.29 is 0 Å². The number of nitriles is 1. The maximum absolute atomic E-state index is 8.97. The third kappa shape index (κ3) is 2.58. The summed E-state index contributed by atoms with van der Waals surface area (Å²) in [5, 5.41) is 8.97. The Labute approximate surface area is 98.6 Å². The lowest BCUT2D eigenvalue weighted by Crippen LogP contribution is -2.27. The first kappa shape index (κ1) is 10.7. The first-order valence-corrected chi connectivity index (χ1v) is 5.97. The summed E-state index contributed by atoms with van der Waals surface area (Å²) >= 11 is 3.46. The molecule has 1 aliphatic rings. The summed E-state index contributed by atoms with van der Waals surface area (Å²) in [6.45, 7) is 1.93. The molecule has 3 heteroatoms. The van der Waals surface area contributed by atoms with E-state index in [9.17, 15) is 0 Å². The monoisotopic (exact) mass is 264 g/mol. The Morgan fingerprint density at radius 3 is 3.13 bits per heavy atom. The van der Waals surface area contributed by atoms with Crippen LogP contribution in [0.2, 0.25) is 0 Å². The smallest absolute Gasteiger partial charge is 0.0981 e. The normalized spacial score (nSPS) is 21.5. The van der Waals surface area contributed by atoms with Crippen molar-refractivity contribution in [1.82, 2.24) is 4.90 Å². The lowest BCUT2D eigenvalue weighted by Gasteiger charge is -2.18. The lowest BCUT2D eigenvalue weighted by atomic mass is 10.2. The van der Waals surface area contributed by atoms with Gasteiger partial charge in [0.1, 0.15) is 0 Å². The van der Waals surface area contributed by atoms with E-state index in [0.717, 1.165) is 30.4 Å². The first-order valence-electron chi connectivity index (χ1n) is 5.18. The Hall–Kier alpha value is -0.850. The molecule has 1 fully saturated rings. The number of halogens is 1. The van der Waals surface area contributed by atoms with Crippen molar-refractivity contribution in [1.29, 1.82) is 5.26 Å². The van der Waals surface area contributed by atoms with Gasteiger partial charge in [-0.1, -0.05) is 28.1 Å². The van der Waals surface area contributed by atoms with Gasteiger partial charge in [0.2, 0.25) is 0 Å². The molecule has 0 aliphatic carbocycles. The molecule has 1 aromatic carbocycles. The van der Waals surface area contributed by atoms with Crippen molar-refractivity contribution >= 4 is 15.9 Å². The van der Waals surface area contributed by atoms with Crippen LogP contribution in [0.1, 0.15) is 18.4 Å². The maximum atomic E-state index is 8.97. The van der Waals surface area contributed by atoms with E-state index in [-0.39, 0.29) is 6.04 Å². The van der Waals surface area contributed by atoms with E-state index in [0.29, 0.717) is 0 Å². The molecule has 1 aromatic rings. The molecule has 0 spiro atoms. The van der Waals surface area contributed by atoms with Gasteiger partial charge < -0.3 is 0 Å². The van der Waals surface area contributed by atoms with E-state index < -0.39 is 0 Å². The minimum Gasteiger partial charge on any atom is -0.284 e. The van der Waals surface area contributed by atoms with Crippen LogP contribution in [0, 0.1) is 11.3 Å². The molecule has 1 unspecified atom stereocenters. The van der Waals surface area contributed by atoms with Gasteiger partial charge in [-0.25, -0.2) is 0 Å². The van der Waals surface area contributed by atoms with E-state index in [1.54, 1.807) is 0 Å². The van der Waals surface area contributed by atoms with Crippen molar-refractivity contribution in [2.45, 2.75) is 25.4 Å². The standard InChI is InChI=1S/C12H13BrN2/c13-11-4-1-3-10(7-11)9-15-6-2-5-12(15)8-14/h1,3-4,7,12H,2,5-6,9H2. The summed E-state index contributed by atoms with van der Waals surface area (Å²) in [6.07, 6.45) is 2.16. The van der Waals surface area contributed by atoms with E-state index in [4.69, 9.17) is 5.26 Å². The Morgan fingerprint density at radius 2 is 2.40 bits per heavy atom. The number of likely N-dealkylation sites (tertiary alicyclic amines) is 1. The van der Waals surface area contributed by atoms with Crippen molar-refractivity contribution in [3.05, 3.63) is 34.3 Å². The van der Waals surface area contributed by atoms with Crippen molar-refractivity contribution in [2.24, 2.45) is 0 Å². The molecule has 0 N–H and O–H groups in total. The molecule has 2 rings (SSSR count). The van der Waals surface area contributed by atoms with Crippen LogP contribution in [0.25, 0.3) is 0 Å². The minimum atomic E-state index is 0.115. The van der Waals surface area contributed by atoms with Crippen LogP contribution in [0.15, 0.2) is 28.7 Å². The highest BCUT2D eigenvalue weighted by atomic mass is 79.9. The lowest BCUT2D eigenvalue weighted by molar-refractivity contribution is 0.286. The molecule has 1 atom stereocenters. The second-order valence-electron chi connectivity index (χ2n) is 3.89. The predicted octanol–water partition coefficient (Wildman–Crippen LogP) is 2.94. The van der Waals surface area contributed by atoms with Crippen LogP contribution in [-0.2, 0) is 6.54 Å². The van der Waals surface area contributed by atoms with Crippen molar-refractivity contribution in [2.75, 3.05) is 6.54 Å². The van der Waals surface area contributed by atoms with Gasteiger partial charge in [0.25, 0.3) is 0 Å². The zero-order chi connectivity index (χ0) is 10.7. The fraction of sp³-hybridized carbons (Fsp3) is 0.417. The number of hydrogen-bond donors (Lipinski definition) is 0. The van der Waals surface area contributed by atoms with Crippen LogP contribution >= 0.6 is 15.9 Å². The van der Waals surface area contributed by atoms with Crippen LogP contribution in [-0.4, -0.2) is 17.5 Å². The SMILES string of the molecule is N#CC1CCCN1Cc1cccc(Br)c1. The number of hydrogen-bond acceptors (Lipinski definition) is 2. The summed E-state index contributed by atoms with van der Waals surface area (Å²) < 4.78 is 1.10. The van der Waals surface area contributed by atoms with E-state index in [1.165, 1.54) is 5.56 Å². The highest BCUT2D eigenvalue weighted by Crippen LogP contribution is 2.20. The molecule has 1 aliphatic heterocycles.